The number of phenolic OH excluding ortho intramolecular Hbond substituents is 1. The van der Waals surface area contributed by atoms with Crippen molar-refractivity contribution in [3.8, 4) is 11.5 Å². The van der Waals surface area contributed by atoms with Gasteiger partial charge in [-0.1, -0.05) is 6.07 Å². The molecule has 6 unspecified atom stereocenters. The fraction of sp³-hybridized carbons (Fsp3) is 0.565. The van der Waals surface area contributed by atoms with E-state index in [2.05, 4.69) is 4.90 Å². The summed E-state index contributed by atoms with van der Waals surface area (Å²) in [6.45, 7) is 3.61. The zero-order valence-corrected chi connectivity index (χ0v) is 18.3. The predicted molar refractivity (Wildman–Crippen MR) is 112 cm³/mol. The Hall–Kier alpha value is -2.62. The number of hydrogen-bond donors (Lipinski definition) is 3. The normalized spacial score (nSPS) is 34.0. The summed E-state index contributed by atoms with van der Waals surface area (Å²) in [5.41, 5.74) is 5.35. The van der Waals surface area contributed by atoms with Crippen molar-refractivity contribution in [1.82, 2.24) is 4.90 Å². The molecule has 6 atom stereocenters. The van der Waals surface area contributed by atoms with Gasteiger partial charge in [-0.2, -0.15) is 0 Å². The standard InChI is InChI=1S/C23H28N2O7/c1-11(24)20(27)30-12(2)21(28)31-15-6-7-23(29)16-10-13-4-5-14(26)18-17(13)22(23,19(15)32-18)8-9-25(16)3/h4-6,11-12,16,19,26,29H,7-10,24H2,1-3H3. The molecule has 0 radical (unpaired) electrons. The van der Waals surface area contributed by atoms with Gasteiger partial charge in [-0.3, -0.25) is 4.79 Å². The van der Waals surface area contributed by atoms with Crippen LogP contribution < -0.4 is 10.5 Å². The molecule has 2 aliphatic carbocycles. The summed E-state index contributed by atoms with van der Waals surface area (Å²) in [7, 11) is 2.00. The number of rotatable bonds is 4. The Morgan fingerprint density at radius 2 is 2.06 bits per heavy atom. The van der Waals surface area contributed by atoms with Crippen LogP contribution in [0, 0.1) is 0 Å². The Morgan fingerprint density at radius 1 is 1.31 bits per heavy atom. The van der Waals surface area contributed by atoms with Crippen LogP contribution in [-0.2, 0) is 30.9 Å². The van der Waals surface area contributed by atoms with Crippen molar-refractivity contribution < 1.29 is 34.0 Å². The quantitative estimate of drug-likeness (QED) is 0.568. The molecule has 2 heterocycles. The first kappa shape index (κ1) is 21.2. The van der Waals surface area contributed by atoms with E-state index in [1.165, 1.54) is 13.8 Å². The SMILES string of the molecule is CC(N)C(=O)OC(C)C(=O)OC1=CCC2(O)C3Cc4ccc(O)c5c4C2(CCN3C)C1O5. The van der Waals surface area contributed by atoms with Crippen molar-refractivity contribution in [1.29, 1.82) is 0 Å². The molecule has 1 fully saturated rings. The minimum atomic E-state index is -1.16. The van der Waals surface area contributed by atoms with Gasteiger partial charge < -0.3 is 35.1 Å². The lowest BCUT2D eigenvalue weighted by molar-refractivity contribution is -0.175. The summed E-state index contributed by atoms with van der Waals surface area (Å²) in [4.78, 5) is 26.6. The lowest BCUT2D eigenvalue weighted by Gasteiger charge is -2.61. The summed E-state index contributed by atoms with van der Waals surface area (Å²) in [5.74, 6) is -0.859. The zero-order valence-electron chi connectivity index (χ0n) is 18.3. The van der Waals surface area contributed by atoms with E-state index in [0.29, 0.717) is 18.6 Å². The van der Waals surface area contributed by atoms with Gasteiger partial charge in [0.25, 0.3) is 0 Å². The van der Waals surface area contributed by atoms with Crippen molar-refractivity contribution in [2.75, 3.05) is 13.6 Å². The summed E-state index contributed by atoms with van der Waals surface area (Å²) in [6, 6.07) is 2.49. The maximum Gasteiger partial charge on any atom is 0.352 e. The molecule has 4 aliphatic rings. The molecule has 4 N–H and O–H groups in total. The molecule has 1 aromatic rings. The fourth-order valence-corrected chi connectivity index (χ4v) is 5.97. The Kier molecular flexibility index (Phi) is 4.60. The average molecular weight is 444 g/mol. The van der Waals surface area contributed by atoms with Crippen LogP contribution in [0.25, 0.3) is 0 Å². The molecule has 0 saturated carbocycles. The van der Waals surface area contributed by atoms with E-state index in [-0.39, 0.29) is 24.0 Å². The second-order valence-corrected chi connectivity index (χ2v) is 9.39. The molecule has 0 amide bonds. The Balaban J connectivity index is 1.53. The third kappa shape index (κ3) is 2.61. The number of carbonyl (C=O) groups is 2. The minimum absolute atomic E-state index is 0.00263. The van der Waals surface area contributed by atoms with Gasteiger partial charge in [-0.25, -0.2) is 4.79 Å². The molecule has 9 nitrogen and oxygen atoms in total. The highest BCUT2D eigenvalue weighted by Gasteiger charge is 2.72. The minimum Gasteiger partial charge on any atom is -0.504 e. The van der Waals surface area contributed by atoms with Gasteiger partial charge in [0.1, 0.15) is 11.8 Å². The Morgan fingerprint density at radius 3 is 2.78 bits per heavy atom. The van der Waals surface area contributed by atoms with Crippen LogP contribution in [0.4, 0.5) is 0 Å². The van der Waals surface area contributed by atoms with E-state index in [9.17, 15) is 19.8 Å². The number of likely N-dealkylation sites (tertiary alicyclic amines) is 1. The molecule has 172 valence electrons. The number of likely N-dealkylation sites (N-methyl/N-ethyl adjacent to an activating group) is 1. The van der Waals surface area contributed by atoms with Gasteiger partial charge in [-0.15, -0.1) is 0 Å². The van der Waals surface area contributed by atoms with Crippen molar-refractivity contribution in [3.63, 3.8) is 0 Å². The van der Waals surface area contributed by atoms with Crippen LogP contribution in [0.2, 0.25) is 0 Å². The number of nitrogens with zero attached hydrogens (tertiary/aromatic N) is 1. The molecule has 1 saturated heterocycles. The highest BCUT2D eigenvalue weighted by atomic mass is 16.6. The highest BCUT2D eigenvalue weighted by Crippen LogP contribution is 2.65. The van der Waals surface area contributed by atoms with Crippen molar-refractivity contribution in [2.24, 2.45) is 5.73 Å². The third-order valence-electron chi connectivity index (χ3n) is 7.57. The summed E-state index contributed by atoms with van der Waals surface area (Å²) in [6.07, 6.45) is 1.24. The first-order valence-electron chi connectivity index (χ1n) is 10.9. The Bertz CT molecular complexity index is 1040. The van der Waals surface area contributed by atoms with Crippen LogP contribution >= 0.6 is 0 Å². The van der Waals surface area contributed by atoms with Crippen LogP contribution in [0.15, 0.2) is 24.0 Å². The first-order valence-corrected chi connectivity index (χ1v) is 10.9. The van der Waals surface area contributed by atoms with Gasteiger partial charge in [0, 0.05) is 18.0 Å². The van der Waals surface area contributed by atoms with Gasteiger partial charge in [0.2, 0.25) is 0 Å². The number of esters is 2. The maximum absolute atomic E-state index is 12.7. The zero-order chi connectivity index (χ0) is 23.0. The monoisotopic (exact) mass is 444 g/mol. The number of carbonyl (C=O) groups excluding carboxylic acids is 2. The maximum atomic E-state index is 12.7. The molecular formula is C23H28N2O7. The summed E-state index contributed by atoms with van der Waals surface area (Å²) in [5, 5.41) is 22.6. The third-order valence-corrected chi connectivity index (χ3v) is 7.57. The van der Waals surface area contributed by atoms with Gasteiger partial charge in [0.05, 0.1) is 11.0 Å². The predicted octanol–water partition coefficient (Wildman–Crippen LogP) is 0.492. The largest absolute Gasteiger partial charge is 0.504 e. The van der Waals surface area contributed by atoms with Gasteiger partial charge >= 0.3 is 11.9 Å². The number of piperidine rings is 1. The number of benzene rings is 1. The molecule has 1 spiro atoms. The number of ether oxygens (including phenoxy) is 3. The average Bonchev–Trinajstić information content (AvgIpc) is 3.10. The number of nitrogens with two attached hydrogens (primary N) is 1. The van der Waals surface area contributed by atoms with E-state index >= 15 is 0 Å². The highest BCUT2D eigenvalue weighted by molar-refractivity contribution is 5.82. The van der Waals surface area contributed by atoms with E-state index in [4.69, 9.17) is 19.9 Å². The second kappa shape index (κ2) is 6.94. The van der Waals surface area contributed by atoms with Crippen LogP contribution in [-0.4, -0.2) is 70.5 Å². The van der Waals surface area contributed by atoms with E-state index in [1.807, 2.05) is 13.1 Å². The molecule has 32 heavy (non-hydrogen) atoms. The van der Waals surface area contributed by atoms with Gasteiger partial charge in [-0.05, 0) is 58.0 Å². The van der Waals surface area contributed by atoms with E-state index in [0.717, 1.165) is 17.7 Å². The smallest absolute Gasteiger partial charge is 0.352 e. The van der Waals surface area contributed by atoms with Crippen molar-refractivity contribution >= 4 is 11.9 Å². The lowest BCUT2D eigenvalue weighted by atomic mass is 9.50. The first-order chi connectivity index (χ1) is 15.1. The van der Waals surface area contributed by atoms with Crippen LogP contribution in [0.3, 0.4) is 0 Å². The molecule has 0 aromatic heterocycles. The molecule has 5 rings (SSSR count). The van der Waals surface area contributed by atoms with Crippen LogP contribution in [0.1, 0.15) is 37.8 Å². The molecule has 2 bridgehead atoms. The van der Waals surface area contributed by atoms with Crippen molar-refractivity contribution in [2.45, 2.75) is 68.4 Å². The number of aliphatic hydroxyl groups is 1. The number of aromatic hydroxyl groups is 1. The molecule has 9 heteroatoms. The number of phenols is 1. The summed E-state index contributed by atoms with van der Waals surface area (Å²) >= 11 is 0. The van der Waals surface area contributed by atoms with E-state index in [1.54, 1.807) is 12.1 Å². The summed E-state index contributed by atoms with van der Waals surface area (Å²) < 4.78 is 17.0. The fourth-order valence-electron chi connectivity index (χ4n) is 5.97. The van der Waals surface area contributed by atoms with E-state index < -0.39 is 41.2 Å². The van der Waals surface area contributed by atoms with Crippen molar-refractivity contribution in [3.05, 3.63) is 35.1 Å². The molecule has 1 aromatic carbocycles. The molecule has 2 aliphatic heterocycles. The lowest BCUT2D eigenvalue weighted by Crippen LogP contribution is -2.74. The molecular weight excluding hydrogens is 416 g/mol. The Labute approximate surface area is 185 Å². The second-order valence-electron chi connectivity index (χ2n) is 9.39. The topological polar surface area (TPSA) is 132 Å². The number of hydrogen-bond acceptors (Lipinski definition) is 9. The van der Waals surface area contributed by atoms with Crippen LogP contribution in [0.5, 0.6) is 11.5 Å². The van der Waals surface area contributed by atoms with Gasteiger partial charge in [0.15, 0.2) is 23.7 Å².